The summed E-state index contributed by atoms with van der Waals surface area (Å²) in [7, 11) is 1.35. The predicted molar refractivity (Wildman–Crippen MR) is 90.2 cm³/mol. The molecule has 126 valence electrons. The van der Waals surface area contributed by atoms with E-state index in [1.165, 1.54) is 13.3 Å². The normalized spacial score (nSPS) is 14.3. The third-order valence-electron chi connectivity index (χ3n) is 3.82. The number of hydrogen-bond donors (Lipinski definition) is 1. The van der Waals surface area contributed by atoms with Crippen LogP contribution in [0.15, 0.2) is 36.7 Å². The van der Waals surface area contributed by atoms with Gasteiger partial charge in [0.25, 0.3) is 0 Å². The summed E-state index contributed by atoms with van der Waals surface area (Å²) in [6.45, 7) is 3.73. The molecule has 2 aromatic rings. The fourth-order valence-electron chi connectivity index (χ4n) is 2.55. The van der Waals surface area contributed by atoms with Gasteiger partial charge >= 0.3 is 5.97 Å². The number of methoxy groups -OCH3 is 1. The average molecular weight is 328 g/mol. The Hall–Kier alpha value is -2.67. The minimum Gasteiger partial charge on any atom is -0.465 e. The van der Waals surface area contributed by atoms with Crippen molar-refractivity contribution >= 4 is 17.6 Å². The van der Waals surface area contributed by atoms with Crippen molar-refractivity contribution in [3.05, 3.63) is 47.8 Å². The highest BCUT2D eigenvalue weighted by atomic mass is 16.5. The van der Waals surface area contributed by atoms with Crippen LogP contribution in [-0.2, 0) is 16.0 Å². The van der Waals surface area contributed by atoms with Crippen molar-refractivity contribution in [3.63, 3.8) is 0 Å². The Labute approximate surface area is 140 Å². The molecule has 3 heterocycles. The van der Waals surface area contributed by atoms with E-state index in [0.717, 1.165) is 37.7 Å². The van der Waals surface area contributed by atoms with Gasteiger partial charge < -0.3 is 19.7 Å². The van der Waals surface area contributed by atoms with Crippen molar-refractivity contribution in [2.75, 3.05) is 43.6 Å². The Morgan fingerprint density at radius 1 is 1.29 bits per heavy atom. The molecule has 0 radical (unpaired) electrons. The first-order chi connectivity index (χ1) is 11.8. The van der Waals surface area contributed by atoms with Crippen LogP contribution in [0, 0.1) is 0 Å². The fraction of sp³-hybridized carbons (Fsp3) is 0.353. The minimum absolute atomic E-state index is 0.393. The molecule has 0 bridgehead atoms. The highest BCUT2D eigenvalue weighted by Crippen LogP contribution is 2.19. The van der Waals surface area contributed by atoms with Gasteiger partial charge in [-0.1, -0.05) is 6.07 Å². The SMILES string of the molecule is COC(=O)c1ccc(NCc2cccnc2N2CCOCC2)nc1. The van der Waals surface area contributed by atoms with Gasteiger partial charge in [-0.25, -0.2) is 14.8 Å². The molecule has 0 unspecified atom stereocenters. The van der Waals surface area contributed by atoms with Gasteiger partial charge in [0.1, 0.15) is 11.6 Å². The van der Waals surface area contributed by atoms with Crippen molar-refractivity contribution < 1.29 is 14.3 Å². The van der Waals surface area contributed by atoms with E-state index in [2.05, 4.69) is 24.9 Å². The molecule has 1 fully saturated rings. The van der Waals surface area contributed by atoms with Crippen molar-refractivity contribution in [1.29, 1.82) is 0 Å². The second-order valence-corrected chi connectivity index (χ2v) is 5.36. The minimum atomic E-state index is -0.393. The maximum atomic E-state index is 11.4. The fourth-order valence-corrected chi connectivity index (χ4v) is 2.55. The molecule has 1 aliphatic rings. The molecule has 7 nitrogen and oxygen atoms in total. The van der Waals surface area contributed by atoms with Gasteiger partial charge in [0.05, 0.1) is 25.9 Å². The smallest absolute Gasteiger partial charge is 0.339 e. The molecule has 0 aliphatic carbocycles. The summed E-state index contributed by atoms with van der Waals surface area (Å²) in [6.07, 6.45) is 3.30. The van der Waals surface area contributed by atoms with Crippen molar-refractivity contribution in [2.24, 2.45) is 0 Å². The van der Waals surface area contributed by atoms with Gasteiger partial charge in [-0.15, -0.1) is 0 Å². The largest absolute Gasteiger partial charge is 0.465 e. The molecule has 0 atom stereocenters. The zero-order valence-electron chi connectivity index (χ0n) is 13.6. The van der Waals surface area contributed by atoms with Crippen molar-refractivity contribution in [1.82, 2.24) is 9.97 Å². The number of pyridine rings is 2. The maximum Gasteiger partial charge on any atom is 0.339 e. The van der Waals surface area contributed by atoms with Gasteiger partial charge in [0, 0.05) is 37.6 Å². The summed E-state index contributed by atoms with van der Waals surface area (Å²) >= 11 is 0. The molecule has 1 saturated heterocycles. The van der Waals surface area contributed by atoms with Crippen molar-refractivity contribution in [2.45, 2.75) is 6.54 Å². The summed E-state index contributed by atoms with van der Waals surface area (Å²) in [5.74, 6) is 1.27. The third-order valence-corrected chi connectivity index (χ3v) is 3.82. The average Bonchev–Trinajstić information content (AvgIpc) is 2.67. The number of carbonyl (C=O) groups is 1. The predicted octanol–water partition coefficient (Wildman–Crippen LogP) is 1.71. The zero-order chi connectivity index (χ0) is 16.8. The molecule has 1 aliphatic heterocycles. The third kappa shape index (κ3) is 3.80. The number of ether oxygens (including phenoxy) is 2. The van der Waals surface area contributed by atoms with Gasteiger partial charge in [0.15, 0.2) is 0 Å². The first kappa shape index (κ1) is 16.2. The number of nitrogens with zero attached hydrogens (tertiary/aromatic N) is 3. The van der Waals surface area contributed by atoms with Crippen LogP contribution in [0.5, 0.6) is 0 Å². The summed E-state index contributed by atoms with van der Waals surface area (Å²) < 4.78 is 10.1. The lowest BCUT2D eigenvalue weighted by atomic mass is 10.2. The van der Waals surface area contributed by atoms with E-state index >= 15 is 0 Å². The summed E-state index contributed by atoms with van der Waals surface area (Å²) in [5, 5.41) is 3.26. The van der Waals surface area contributed by atoms with E-state index in [0.29, 0.717) is 17.9 Å². The summed E-state index contributed by atoms with van der Waals surface area (Å²) in [4.78, 5) is 22.4. The van der Waals surface area contributed by atoms with Crippen LogP contribution < -0.4 is 10.2 Å². The van der Waals surface area contributed by atoms with Gasteiger partial charge in [0.2, 0.25) is 0 Å². The quantitative estimate of drug-likeness (QED) is 0.837. The second kappa shape index (κ2) is 7.74. The van der Waals surface area contributed by atoms with E-state index in [1.807, 2.05) is 12.1 Å². The van der Waals surface area contributed by atoms with Crippen LogP contribution in [0.3, 0.4) is 0 Å². The summed E-state index contributed by atoms with van der Waals surface area (Å²) in [5.41, 5.74) is 1.52. The Morgan fingerprint density at radius 2 is 2.12 bits per heavy atom. The molecule has 24 heavy (non-hydrogen) atoms. The van der Waals surface area contributed by atoms with E-state index < -0.39 is 5.97 Å². The van der Waals surface area contributed by atoms with Crippen LogP contribution in [0.4, 0.5) is 11.6 Å². The molecule has 7 heteroatoms. The van der Waals surface area contributed by atoms with Gasteiger partial charge in [-0.2, -0.15) is 0 Å². The Bertz CT molecular complexity index is 684. The van der Waals surface area contributed by atoms with Crippen molar-refractivity contribution in [3.8, 4) is 0 Å². The molecule has 2 aromatic heterocycles. The van der Waals surface area contributed by atoms with E-state index in [9.17, 15) is 4.79 Å². The zero-order valence-corrected chi connectivity index (χ0v) is 13.6. The second-order valence-electron chi connectivity index (χ2n) is 5.36. The lowest BCUT2D eigenvalue weighted by molar-refractivity contribution is 0.0600. The first-order valence-corrected chi connectivity index (χ1v) is 7.83. The number of nitrogens with one attached hydrogen (secondary N) is 1. The molecule has 0 saturated carbocycles. The van der Waals surface area contributed by atoms with Crippen LogP contribution in [0.1, 0.15) is 15.9 Å². The molecular formula is C17H20N4O3. The van der Waals surface area contributed by atoms with Gasteiger partial charge in [-0.05, 0) is 18.2 Å². The summed E-state index contributed by atoms with van der Waals surface area (Å²) in [6, 6.07) is 7.42. The monoisotopic (exact) mass is 328 g/mol. The molecular weight excluding hydrogens is 308 g/mol. The highest BCUT2D eigenvalue weighted by Gasteiger charge is 2.15. The molecule has 1 N–H and O–H groups in total. The number of aromatic nitrogens is 2. The number of morpholine rings is 1. The van der Waals surface area contributed by atoms with Crippen LogP contribution in [0.2, 0.25) is 0 Å². The number of esters is 1. The number of carbonyl (C=O) groups excluding carboxylic acids is 1. The first-order valence-electron chi connectivity index (χ1n) is 7.83. The molecule has 0 amide bonds. The van der Waals surface area contributed by atoms with E-state index in [4.69, 9.17) is 4.74 Å². The number of rotatable bonds is 5. The molecule has 0 spiro atoms. The lowest BCUT2D eigenvalue weighted by Crippen LogP contribution is -2.37. The Morgan fingerprint density at radius 3 is 2.83 bits per heavy atom. The maximum absolute atomic E-state index is 11.4. The number of hydrogen-bond acceptors (Lipinski definition) is 7. The van der Waals surface area contributed by atoms with Crippen LogP contribution >= 0.6 is 0 Å². The van der Waals surface area contributed by atoms with Gasteiger partial charge in [-0.3, -0.25) is 0 Å². The Kier molecular flexibility index (Phi) is 5.22. The molecule has 0 aromatic carbocycles. The van der Waals surface area contributed by atoms with Crippen LogP contribution in [0.25, 0.3) is 0 Å². The van der Waals surface area contributed by atoms with E-state index in [1.54, 1.807) is 18.3 Å². The van der Waals surface area contributed by atoms with E-state index in [-0.39, 0.29) is 0 Å². The highest BCUT2D eigenvalue weighted by molar-refractivity contribution is 5.89. The topological polar surface area (TPSA) is 76.6 Å². The lowest BCUT2D eigenvalue weighted by Gasteiger charge is -2.29. The standard InChI is InChI=1S/C17H20N4O3/c1-23-17(22)14-4-5-15(20-12-14)19-11-13-3-2-6-18-16(13)21-7-9-24-10-8-21/h2-6,12H,7-11H2,1H3,(H,19,20). The Balaban J connectivity index is 1.67. The molecule has 3 rings (SSSR count). The van der Waals surface area contributed by atoms with Crippen LogP contribution in [-0.4, -0.2) is 49.4 Å². The number of anilines is 2.